The molecule has 1 heterocycles. The monoisotopic (exact) mass is 222 g/mol. The molecule has 0 saturated heterocycles. The normalized spacial score (nSPS) is 11.4. The SMILES string of the molecule is C[NH+](C)CCSc1nc2ccccc2[nH]1. The van der Waals surface area contributed by atoms with E-state index < -0.39 is 0 Å². The molecule has 80 valence electrons. The number of fused-ring (bicyclic) bond motifs is 1. The second-order valence-electron chi connectivity index (χ2n) is 3.86. The zero-order chi connectivity index (χ0) is 10.7. The van der Waals surface area contributed by atoms with Gasteiger partial charge < -0.3 is 9.88 Å². The van der Waals surface area contributed by atoms with Crippen molar-refractivity contribution in [3.8, 4) is 0 Å². The van der Waals surface area contributed by atoms with Crippen LogP contribution < -0.4 is 4.90 Å². The summed E-state index contributed by atoms with van der Waals surface area (Å²) >= 11 is 1.79. The van der Waals surface area contributed by atoms with Crippen LogP contribution in [0.1, 0.15) is 0 Å². The zero-order valence-electron chi connectivity index (χ0n) is 9.08. The molecular weight excluding hydrogens is 206 g/mol. The molecule has 15 heavy (non-hydrogen) atoms. The second kappa shape index (κ2) is 4.68. The molecule has 0 bridgehead atoms. The molecule has 0 fully saturated rings. The average Bonchev–Trinajstić information content (AvgIpc) is 2.59. The van der Waals surface area contributed by atoms with E-state index in [0.717, 1.165) is 28.5 Å². The molecule has 3 nitrogen and oxygen atoms in total. The van der Waals surface area contributed by atoms with E-state index in [4.69, 9.17) is 0 Å². The summed E-state index contributed by atoms with van der Waals surface area (Å²) in [5.41, 5.74) is 2.18. The van der Waals surface area contributed by atoms with Gasteiger partial charge in [-0.2, -0.15) is 0 Å². The summed E-state index contributed by atoms with van der Waals surface area (Å²) in [5.74, 6) is 1.10. The van der Waals surface area contributed by atoms with Crippen LogP contribution in [-0.4, -0.2) is 36.4 Å². The Hall–Kier alpha value is -1.00. The Balaban J connectivity index is 2.03. The molecule has 0 radical (unpaired) electrons. The molecule has 0 saturated carbocycles. The molecule has 0 atom stereocenters. The van der Waals surface area contributed by atoms with Crippen LogP contribution in [0.15, 0.2) is 29.4 Å². The Morgan fingerprint density at radius 2 is 2.13 bits per heavy atom. The largest absolute Gasteiger partial charge is 0.339 e. The minimum Gasteiger partial charge on any atom is -0.339 e. The number of rotatable bonds is 4. The topological polar surface area (TPSA) is 33.1 Å². The molecule has 0 aliphatic heterocycles. The fourth-order valence-corrected chi connectivity index (χ4v) is 2.40. The van der Waals surface area contributed by atoms with Gasteiger partial charge in [-0.25, -0.2) is 4.98 Å². The lowest BCUT2D eigenvalue weighted by atomic mass is 10.3. The number of thioether (sulfide) groups is 1. The molecular formula is C11H16N3S+. The summed E-state index contributed by atoms with van der Waals surface area (Å²) in [6, 6.07) is 8.14. The van der Waals surface area contributed by atoms with Crippen LogP contribution in [0.2, 0.25) is 0 Å². The van der Waals surface area contributed by atoms with E-state index in [-0.39, 0.29) is 0 Å². The van der Waals surface area contributed by atoms with Gasteiger partial charge in [-0.3, -0.25) is 0 Å². The molecule has 0 spiro atoms. The summed E-state index contributed by atoms with van der Waals surface area (Å²) in [6.45, 7) is 1.15. The van der Waals surface area contributed by atoms with Crippen LogP contribution in [0.25, 0.3) is 11.0 Å². The minimum absolute atomic E-state index is 1.03. The first kappa shape index (κ1) is 10.5. The van der Waals surface area contributed by atoms with Gasteiger partial charge in [0.25, 0.3) is 0 Å². The fraction of sp³-hybridized carbons (Fsp3) is 0.364. The zero-order valence-corrected chi connectivity index (χ0v) is 9.90. The van der Waals surface area contributed by atoms with E-state index in [0.29, 0.717) is 0 Å². The lowest BCUT2D eigenvalue weighted by molar-refractivity contribution is -0.855. The fourth-order valence-electron chi connectivity index (χ4n) is 1.35. The Kier molecular flexibility index (Phi) is 3.28. The van der Waals surface area contributed by atoms with Crippen molar-refractivity contribution in [3.63, 3.8) is 0 Å². The molecule has 2 aromatic rings. The van der Waals surface area contributed by atoms with Gasteiger partial charge in [-0.05, 0) is 12.1 Å². The maximum absolute atomic E-state index is 4.51. The number of aromatic amines is 1. The van der Waals surface area contributed by atoms with Gasteiger partial charge >= 0.3 is 0 Å². The van der Waals surface area contributed by atoms with Crippen molar-refractivity contribution < 1.29 is 4.90 Å². The highest BCUT2D eigenvalue weighted by Gasteiger charge is 2.02. The summed E-state index contributed by atoms with van der Waals surface area (Å²) in [7, 11) is 4.33. The highest BCUT2D eigenvalue weighted by Crippen LogP contribution is 2.18. The number of hydrogen-bond acceptors (Lipinski definition) is 2. The van der Waals surface area contributed by atoms with Gasteiger partial charge in [0.2, 0.25) is 0 Å². The van der Waals surface area contributed by atoms with Crippen LogP contribution in [-0.2, 0) is 0 Å². The van der Waals surface area contributed by atoms with Crippen LogP contribution in [0, 0.1) is 0 Å². The number of H-pyrrole nitrogens is 1. The van der Waals surface area contributed by atoms with E-state index in [1.165, 1.54) is 4.90 Å². The molecule has 0 amide bonds. The van der Waals surface area contributed by atoms with Crippen molar-refractivity contribution in [3.05, 3.63) is 24.3 Å². The van der Waals surface area contributed by atoms with E-state index >= 15 is 0 Å². The van der Waals surface area contributed by atoms with E-state index in [1.54, 1.807) is 11.8 Å². The molecule has 2 N–H and O–H groups in total. The molecule has 0 aliphatic carbocycles. The Morgan fingerprint density at radius 3 is 2.87 bits per heavy atom. The van der Waals surface area contributed by atoms with E-state index in [2.05, 4.69) is 30.1 Å². The molecule has 2 rings (SSSR count). The summed E-state index contributed by atoms with van der Waals surface area (Å²) in [6.07, 6.45) is 0. The number of benzene rings is 1. The predicted molar refractivity (Wildman–Crippen MR) is 64.5 cm³/mol. The first-order chi connectivity index (χ1) is 7.25. The summed E-state index contributed by atoms with van der Waals surface area (Å²) in [5, 5.41) is 1.03. The molecule has 0 unspecified atom stereocenters. The van der Waals surface area contributed by atoms with E-state index in [1.807, 2.05) is 18.2 Å². The first-order valence-electron chi connectivity index (χ1n) is 5.12. The smallest absolute Gasteiger partial charge is 0.166 e. The number of hydrogen-bond donors (Lipinski definition) is 2. The van der Waals surface area contributed by atoms with Gasteiger partial charge in [-0.15, -0.1) is 0 Å². The van der Waals surface area contributed by atoms with Crippen LogP contribution in [0.4, 0.5) is 0 Å². The third kappa shape index (κ3) is 2.73. The lowest BCUT2D eigenvalue weighted by Crippen LogP contribution is -3.06. The Labute approximate surface area is 93.9 Å². The number of imidazole rings is 1. The number of aromatic nitrogens is 2. The van der Waals surface area contributed by atoms with Crippen molar-refractivity contribution in [1.82, 2.24) is 9.97 Å². The van der Waals surface area contributed by atoms with Gasteiger partial charge in [0.1, 0.15) is 0 Å². The number of para-hydroxylation sites is 2. The Bertz CT molecular complexity index is 403. The highest BCUT2D eigenvalue weighted by atomic mass is 32.2. The average molecular weight is 222 g/mol. The standard InChI is InChI=1S/C11H15N3S/c1-14(2)7-8-15-11-12-9-5-3-4-6-10(9)13-11/h3-6H,7-8H2,1-2H3,(H,12,13)/p+1. The second-order valence-corrected chi connectivity index (χ2v) is 4.95. The third-order valence-electron chi connectivity index (χ3n) is 2.21. The lowest BCUT2D eigenvalue weighted by Gasteiger charge is -2.04. The predicted octanol–water partition coefficient (Wildman–Crippen LogP) is 0.800. The van der Waals surface area contributed by atoms with Gasteiger partial charge in [0.05, 0.1) is 37.4 Å². The van der Waals surface area contributed by atoms with Gasteiger partial charge in [0, 0.05) is 0 Å². The van der Waals surface area contributed by atoms with Crippen molar-refractivity contribution in [2.24, 2.45) is 0 Å². The van der Waals surface area contributed by atoms with Gasteiger partial charge in [0.15, 0.2) is 5.16 Å². The molecule has 1 aromatic heterocycles. The minimum atomic E-state index is 1.03. The summed E-state index contributed by atoms with van der Waals surface area (Å²) < 4.78 is 0. The van der Waals surface area contributed by atoms with Crippen molar-refractivity contribution in [2.75, 3.05) is 26.4 Å². The van der Waals surface area contributed by atoms with E-state index in [9.17, 15) is 0 Å². The molecule has 0 aliphatic rings. The Morgan fingerprint density at radius 1 is 1.33 bits per heavy atom. The van der Waals surface area contributed by atoms with Crippen LogP contribution >= 0.6 is 11.8 Å². The van der Waals surface area contributed by atoms with Gasteiger partial charge in [-0.1, -0.05) is 23.9 Å². The third-order valence-corrected chi connectivity index (χ3v) is 3.08. The maximum Gasteiger partial charge on any atom is 0.166 e. The first-order valence-corrected chi connectivity index (χ1v) is 6.11. The summed E-state index contributed by atoms with van der Waals surface area (Å²) in [4.78, 5) is 9.29. The molecule has 4 heteroatoms. The molecule has 1 aromatic carbocycles. The number of nitrogens with zero attached hydrogens (tertiary/aromatic N) is 1. The van der Waals surface area contributed by atoms with Crippen LogP contribution in [0.5, 0.6) is 0 Å². The number of nitrogens with one attached hydrogen (secondary N) is 2. The highest BCUT2D eigenvalue weighted by molar-refractivity contribution is 7.99. The van der Waals surface area contributed by atoms with Crippen LogP contribution in [0.3, 0.4) is 0 Å². The quantitative estimate of drug-likeness (QED) is 0.750. The van der Waals surface area contributed by atoms with Crippen molar-refractivity contribution in [2.45, 2.75) is 5.16 Å². The van der Waals surface area contributed by atoms with Crippen molar-refractivity contribution >= 4 is 22.8 Å². The van der Waals surface area contributed by atoms with Crippen molar-refractivity contribution in [1.29, 1.82) is 0 Å². The maximum atomic E-state index is 4.51. The number of quaternary nitrogens is 1.